The lowest BCUT2D eigenvalue weighted by Crippen LogP contribution is -2.12. The molecular weight excluding hydrogens is 322 g/mol. The average molecular weight is 339 g/mol. The van der Waals surface area contributed by atoms with E-state index in [4.69, 9.17) is 0 Å². The Labute approximate surface area is 144 Å². The number of ketones is 1. The highest BCUT2D eigenvalue weighted by atomic mass is 32.1. The van der Waals surface area contributed by atoms with Gasteiger partial charge in [-0.3, -0.25) is 14.9 Å². The third-order valence-electron chi connectivity index (χ3n) is 3.74. The van der Waals surface area contributed by atoms with E-state index in [1.54, 1.807) is 17.5 Å². The zero-order valence-corrected chi connectivity index (χ0v) is 14.5. The first kappa shape index (κ1) is 16.1. The molecule has 6 heteroatoms. The first-order chi connectivity index (χ1) is 11.5. The molecule has 5 nitrogen and oxygen atoms in total. The molecule has 0 saturated carbocycles. The van der Waals surface area contributed by atoms with Gasteiger partial charge in [0.05, 0.1) is 0 Å². The first-order valence-electron chi connectivity index (χ1n) is 7.49. The predicted octanol–water partition coefficient (Wildman–Crippen LogP) is 4.01. The Hall–Kier alpha value is -2.73. The van der Waals surface area contributed by atoms with Crippen molar-refractivity contribution in [3.05, 3.63) is 64.4 Å². The van der Waals surface area contributed by atoms with Crippen molar-refractivity contribution in [2.24, 2.45) is 0 Å². The second-order valence-electron chi connectivity index (χ2n) is 5.55. The van der Waals surface area contributed by atoms with Crippen molar-refractivity contribution in [1.29, 1.82) is 0 Å². The number of nitrogens with zero attached hydrogens (tertiary/aromatic N) is 2. The molecule has 1 amide bonds. The van der Waals surface area contributed by atoms with Gasteiger partial charge in [-0.2, -0.15) is 0 Å². The zero-order valence-electron chi connectivity index (χ0n) is 13.7. The predicted molar refractivity (Wildman–Crippen MR) is 95.3 cm³/mol. The van der Waals surface area contributed by atoms with Gasteiger partial charge in [0.15, 0.2) is 10.9 Å². The Bertz CT molecular complexity index is 887. The van der Waals surface area contributed by atoms with Crippen LogP contribution >= 0.6 is 11.3 Å². The molecule has 122 valence electrons. The van der Waals surface area contributed by atoms with Gasteiger partial charge >= 0.3 is 0 Å². The van der Waals surface area contributed by atoms with Crippen LogP contribution in [0.3, 0.4) is 0 Å². The average Bonchev–Trinajstić information content (AvgIpc) is 3.15. The van der Waals surface area contributed by atoms with Gasteiger partial charge in [0, 0.05) is 34.9 Å². The van der Waals surface area contributed by atoms with Crippen LogP contribution < -0.4 is 5.32 Å². The molecule has 0 aliphatic carbocycles. The number of rotatable bonds is 4. The van der Waals surface area contributed by atoms with Gasteiger partial charge in [0.1, 0.15) is 5.69 Å². The summed E-state index contributed by atoms with van der Waals surface area (Å²) in [7, 11) is 0. The van der Waals surface area contributed by atoms with Crippen LogP contribution in [0.2, 0.25) is 0 Å². The molecular formula is C18H17N3O2S. The van der Waals surface area contributed by atoms with Gasteiger partial charge in [-0.25, -0.2) is 4.98 Å². The monoisotopic (exact) mass is 339 g/mol. The summed E-state index contributed by atoms with van der Waals surface area (Å²) in [6.07, 6.45) is 0. The quantitative estimate of drug-likeness (QED) is 0.731. The summed E-state index contributed by atoms with van der Waals surface area (Å²) in [6, 6.07) is 11.5. The van der Waals surface area contributed by atoms with E-state index in [1.165, 1.54) is 18.3 Å². The van der Waals surface area contributed by atoms with Crippen molar-refractivity contribution in [3.63, 3.8) is 0 Å². The fraction of sp³-hybridized carbons (Fsp3) is 0.167. The standard InChI is InChI=1S/C18H17N3O2S/c1-11-4-5-12(2)21(11)15-8-6-14(7-9-15)17(23)20-18-19-16(10-24-18)13(3)22/h4-10H,1-3H3,(H,19,20,23). The minimum atomic E-state index is -0.244. The second-order valence-corrected chi connectivity index (χ2v) is 6.40. The molecule has 0 saturated heterocycles. The van der Waals surface area contributed by atoms with Gasteiger partial charge in [-0.15, -0.1) is 11.3 Å². The van der Waals surface area contributed by atoms with Crippen molar-refractivity contribution in [2.75, 3.05) is 5.32 Å². The van der Waals surface area contributed by atoms with Crippen molar-refractivity contribution in [3.8, 4) is 5.69 Å². The fourth-order valence-corrected chi connectivity index (χ4v) is 3.24. The number of benzene rings is 1. The van der Waals surface area contributed by atoms with Gasteiger partial charge in [-0.05, 0) is 50.2 Å². The smallest absolute Gasteiger partial charge is 0.257 e. The third kappa shape index (κ3) is 3.14. The van der Waals surface area contributed by atoms with Gasteiger partial charge in [0.25, 0.3) is 5.91 Å². The van der Waals surface area contributed by atoms with Crippen LogP contribution in [0.15, 0.2) is 41.8 Å². The molecule has 2 heterocycles. The molecule has 1 aromatic carbocycles. The van der Waals surface area contributed by atoms with E-state index in [-0.39, 0.29) is 11.7 Å². The van der Waals surface area contributed by atoms with Gasteiger partial charge < -0.3 is 4.57 Å². The number of aryl methyl sites for hydroxylation is 2. The van der Waals surface area contributed by atoms with Crippen molar-refractivity contribution in [1.82, 2.24) is 9.55 Å². The van der Waals surface area contributed by atoms with E-state index in [0.29, 0.717) is 16.4 Å². The lowest BCUT2D eigenvalue weighted by Gasteiger charge is -2.10. The first-order valence-corrected chi connectivity index (χ1v) is 8.37. The number of hydrogen-bond acceptors (Lipinski definition) is 4. The summed E-state index contributed by atoms with van der Waals surface area (Å²) < 4.78 is 2.13. The number of carbonyl (C=O) groups excluding carboxylic acids is 2. The molecule has 1 N–H and O–H groups in total. The number of carbonyl (C=O) groups is 2. The number of hydrogen-bond donors (Lipinski definition) is 1. The van der Waals surface area contributed by atoms with Crippen LogP contribution in [-0.2, 0) is 0 Å². The van der Waals surface area contributed by atoms with E-state index < -0.39 is 0 Å². The maximum atomic E-state index is 12.3. The van der Waals surface area contributed by atoms with Crippen molar-refractivity contribution < 1.29 is 9.59 Å². The van der Waals surface area contributed by atoms with Crippen LogP contribution in [0.25, 0.3) is 5.69 Å². The Balaban J connectivity index is 1.77. The van der Waals surface area contributed by atoms with Crippen LogP contribution in [-0.4, -0.2) is 21.2 Å². The van der Waals surface area contributed by atoms with E-state index in [0.717, 1.165) is 17.1 Å². The Morgan fingerprint density at radius 2 is 1.67 bits per heavy atom. The number of nitrogens with one attached hydrogen (secondary N) is 1. The van der Waals surface area contributed by atoms with Crippen molar-refractivity contribution in [2.45, 2.75) is 20.8 Å². The fourth-order valence-electron chi connectivity index (χ4n) is 2.50. The molecule has 0 spiro atoms. The molecule has 0 radical (unpaired) electrons. The maximum Gasteiger partial charge on any atom is 0.257 e. The van der Waals surface area contributed by atoms with E-state index >= 15 is 0 Å². The zero-order chi connectivity index (χ0) is 17.3. The normalized spacial score (nSPS) is 10.6. The lowest BCUT2D eigenvalue weighted by molar-refractivity contribution is 0.100. The Morgan fingerprint density at radius 1 is 1.04 bits per heavy atom. The molecule has 24 heavy (non-hydrogen) atoms. The minimum Gasteiger partial charge on any atom is -0.319 e. The summed E-state index contributed by atoms with van der Waals surface area (Å²) >= 11 is 1.24. The summed E-state index contributed by atoms with van der Waals surface area (Å²) in [5.74, 6) is -0.361. The molecule has 0 unspecified atom stereocenters. The minimum absolute atomic E-state index is 0.117. The lowest BCUT2D eigenvalue weighted by atomic mass is 10.2. The Morgan fingerprint density at radius 3 is 2.21 bits per heavy atom. The van der Waals surface area contributed by atoms with Crippen LogP contribution in [0.5, 0.6) is 0 Å². The molecule has 0 bridgehead atoms. The van der Waals surface area contributed by atoms with Gasteiger partial charge in [0.2, 0.25) is 0 Å². The van der Waals surface area contributed by atoms with Crippen LogP contribution in [0, 0.1) is 13.8 Å². The highest BCUT2D eigenvalue weighted by Gasteiger charge is 2.11. The van der Waals surface area contributed by atoms with E-state index in [2.05, 4.69) is 27.0 Å². The number of amides is 1. The molecule has 3 rings (SSSR count). The Kier molecular flexibility index (Phi) is 4.31. The third-order valence-corrected chi connectivity index (χ3v) is 4.50. The number of aromatic nitrogens is 2. The SMILES string of the molecule is CC(=O)c1csc(NC(=O)c2ccc(-n3c(C)ccc3C)cc2)n1. The highest BCUT2D eigenvalue weighted by Crippen LogP contribution is 2.19. The summed E-state index contributed by atoms with van der Waals surface area (Å²) in [5, 5.41) is 4.78. The highest BCUT2D eigenvalue weighted by molar-refractivity contribution is 7.14. The number of anilines is 1. The number of thiazole rings is 1. The van der Waals surface area contributed by atoms with E-state index in [1.807, 2.05) is 26.0 Å². The number of Topliss-reactive ketones (excluding diaryl/α,β-unsaturated/α-hetero) is 1. The van der Waals surface area contributed by atoms with E-state index in [9.17, 15) is 9.59 Å². The molecule has 0 aliphatic heterocycles. The topological polar surface area (TPSA) is 64.0 Å². The molecule has 0 atom stereocenters. The van der Waals surface area contributed by atoms with Crippen molar-refractivity contribution >= 4 is 28.2 Å². The van der Waals surface area contributed by atoms with Crippen LogP contribution in [0.1, 0.15) is 39.2 Å². The molecule has 0 aliphatic rings. The van der Waals surface area contributed by atoms with Gasteiger partial charge in [-0.1, -0.05) is 0 Å². The summed E-state index contributed by atoms with van der Waals surface area (Å²) in [6.45, 7) is 5.54. The molecule has 0 fully saturated rings. The molecule has 2 aromatic heterocycles. The largest absolute Gasteiger partial charge is 0.319 e. The maximum absolute atomic E-state index is 12.3. The van der Waals surface area contributed by atoms with Crippen LogP contribution in [0.4, 0.5) is 5.13 Å². The summed E-state index contributed by atoms with van der Waals surface area (Å²) in [5.41, 5.74) is 4.21. The summed E-state index contributed by atoms with van der Waals surface area (Å²) in [4.78, 5) is 27.6. The second kappa shape index (κ2) is 6.41. The molecule has 3 aromatic rings.